The van der Waals surface area contributed by atoms with E-state index in [4.69, 9.17) is 0 Å². The molecule has 0 aromatic carbocycles. The molecule has 4 heteroatoms. The highest BCUT2D eigenvalue weighted by Crippen LogP contribution is 2.55. The molecule has 0 saturated heterocycles. The van der Waals surface area contributed by atoms with Gasteiger partial charge in [-0.2, -0.15) is 0 Å². The first-order valence-electron chi connectivity index (χ1n) is 6.19. The molecule has 1 N–H and O–H groups in total. The Balaban J connectivity index is 1.67. The maximum Gasteiger partial charge on any atom is 0.229 e. The molecule has 2 fully saturated rings. The first-order chi connectivity index (χ1) is 8.27. The fraction of sp³-hybridized carbons (Fsp3) is 0.538. The first-order valence-corrected chi connectivity index (χ1v) is 6.98. The Labute approximate surface area is 109 Å². The second-order valence-electron chi connectivity index (χ2n) is 4.96. The zero-order chi connectivity index (χ0) is 11.8. The van der Waals surface area contributed by atoms with Gasteiger partial charge in [0.1, 0.15) is 5.82 Å². The van der Waals surface area contributed by atoms with Crippen LogP contribution in [0.4, 0.5) is 5.82 Å². The lowest BCUT2D eigenvalue weighted by molar-refractivity contribution is -0.117. The van der Waals surface area contributed by atoms with Gasteiger partial charge in [-0.05, 0) is 52.7 Å². The van der Waals surface area contributed by atoms with Gasteiger partial charge in [0.2, 0.25) is 5.91 Å². The molecule has 0 spiro atoms. The van der Waals surface area contributed by atoms with Crippen molar-refractivity contribution < 1.29 is 4.79 Å². The Kier molecular flexibility index (Phi) is 2.90. The van der Waals surface area contributed by atoms with Gasteiger partial charge in [0, 0.05) is 12.1 Å². The van der Waals surface area contributed by atoms with Crippen LogP contribution in [0.2, 0.25) is 0 Å². The number of fused-ring (bicyclic) bond motifs is 1. The third kappa shape index (κ3) is 2.10. The van der Waals surface area contributed by atoms with Gasteiger partial charge in [-0.15, -0.1) is 0 Å². The summed E-state index contributed by atoms with van der Waals surface area (Å²) >= 11 is 3.39. The Hall–Kier alpha value is -0.900. The number of hydrogen-bond acceptors (Lipinski definition) is 2. The molecule has 3 nitrogen and oxygen atoms in total. The molecule has 1 aromatic rings. The van der Waals surface area contributed by atoms with Crippen molar-refractivity contribution in [1.82, 2.24) is 4.98 Å². The van der Waals surface area contributed by atoms with Crippen molar-refractivity contribution in [2.24, 2.45) is 17.8 Å². The quantitative estimate of drug-likeness (QED) is 0.910. The van der Waals surface area contributed by atoms with Crippen LogP contribution in [0.5, 0.6) is 0 Å². The van der Waals surface area contributed by atoms with E-state index in [1.165, 1.54) is 25.7 Å². The number of amides is 1. The average molecular weight is 295 g/mol. The van der Waals surface area contributed by atoms with Gasteiger partial charge in [-0.1, -0.05) is 12.8 Å². The number of nitrogens with one attached hydrogen (secondary N) is 1. The van der Waals surface area contributed by atoms with E-state index in [1.54, 1.807) is 6.20 Å². The van der Waals surface area contributed by atoms with Crippen LogP contribution in [0.1, 0.15) is 25.7 Å². The molecule has 1 heterocycles. The highest BCUT2D eigenvalue weighted by molar-refractivity contribution is 9.10. The van der Waals surface area contributed by atoms with E-state index in [1.807, 2.05) is 12.1 Å². The van der Waals surface area contributed by atoms with E-state index in [0.717, 1.165) is 4.47 Å². The highest BCUT2D eigenvalue weighted by atomic mass is 79.9. The summed E-state index contributed by atoms with van der Waals surface area (Å²) in [6.45, 7) is 0. The minimum atomic E-state index is 0.154. The standard InChI is InChI=1S/C13H15BrN2O/c14-10-6-3-7-15-12(10)16-13(17)11-8-4-1-2-5-9(8)11/h3,6-9,11H,1-2,4-5H2,(H,15,16,17). The minimum absolute atomic E-state index is 0.154. The Bertz CT molecular complexity index is 437. The van der Waals surface area contributed by atoms with Crippen LogP contribution in [0.25, 0.3) is 0 Å². The zero-order valence-electron chi connectivity index (χ0n) is 9.53. The van der Waals surface area contributed by atoms with Gasteiger partial charge < -0.3 is 5.32 Å². The lowest BCUT2D eigenvalue weighted by Gasteiger charge is -2.05. The van der Waals surface area contributed by atoms with Crippen molar-refractivity contribution in [3.63, 3.8) is 0 Å². The molecule has 0 radical (unpaired) electrons. The van der Waals surface area contributed by atoms with Crippen LogP contribution >= 0.6 is 15.9 Å². The summed E-state index contributed by atoms with van der Waals surface area (Å²) < 4.78 is 0.844. The Morgan fingerprint density at radius 2 is 2.06 bits per heavy atom. The summed E-state index contributed by atoms with van der Waals surface area (Å²) in [5, 5.41) is 2.93. The molecule has 2 aliphatic carbocycles. The number of aromatic nitrogens is 1. The van der Waals surface area contributed by atoms with Gasteiger partial charge in [0.05, 0.1) is 4.47 Å². The predicted octanol–water partition coefficient (Wildman–Crippen LogP) is 3.22. The Morgan fingerprint density at radius 3 is 2.71 bits per heavy atom. The molecule has 0 aliphatic heterocycles. The summed E-state index contributed by atoms with van der Waals surface area (Å²) in [7, 11) is 0. The van der Waals surface area contributed by atoms with Crippen molar-refractivity contribution in [2.45, 2.75) is 25.7 Å². The number of carbonyl (C=O) groups excluding carboxylic acids is 1. The molecule has 3 rings (SSSR count). The first kappa shape index (κ1) is 11.2. The number of rotatable bonds is 2. The van der Waals surface area contributed by atoms with Crippen LogP contribution in [-0.2, 0) is 4.79 Å². The smallest absolute Gasteiger partial charge is 0.229 e. The fourth-order valence-corrected chi connectivity index (χ4v) is 3.41. The third-order valence-corrected chi connectivity index (χ3v) is 4.60. The van der Waals surface area contributed by atoms with Crippen molar-refractivity contribution in [3.8, 4) is 0 Å². The van der Waals surface area contributed by atoms with Gasteiger partial charge in [0.25, 0.3) is 0 Å². The fourth-order valence-electron chi connectivity index (χ4n) is 3.06. The molecule has 1 aromatic heterocycles. The van der Waals surface area contributed by atoms with Gasteiger partial charge >= 0.3 is 0 Å². The predicted molar refractivity (Wildman–Crippen MR) is 69.5 cm³/mol. The number of anilines is 1. The summed E-state index contributed by atoms with van der Waals surface area (Å²) in [4.78, 5) is 16.3. The second-order valence-corrected chi connectivity index (χ2v) is 5.82. The monoisotopic (exact) mass is 294 g/mol. The van der Waals surface area contributed by atoms with E-state index in [-0.39, 0.29) is 11.8 Å². The second kappa shape index (κ2) is 4.41. The molecule has 2 unspecified atom stereocenters. The lowest BCUT2D eigenvalue weighted by atomic mass is 10.0. The van der Waals surface area contributed by atoms with Crippen LogP contribution in [-0.4, -0.2) is 10.9 Å². The van der Waals surface area contributed by atoms with Gasteiger partial charge in [0.15, 0.2) is 0 Å². The number of halogens is 1. The maximum absolute atomic E-state index is 12.1. The molecule has 2 aliphatic rings. The maximum atomic E-state index is 12.1. The number of pyridine rings is 1. The largest absolute Gasteiger partial charge is 0.310 e. The number of carbonyl (C=O) groups is 1. The third-order valence-electron chi connectivity index (χ3n) is 3.96. The molecule has 17 heavy (non-hydrogen) atoms. The SMILES string of the molecule is O=C(Nc1ncccc1Br)C1C2CCCCC21. The zero-order valence-corrected chi connectivity index (χ0v) is 11.1. The summed E-state index contributed by atoms with van der Waals surface area (Å²) in [5.74, 6) is 2.33. The molecular weight excluding hydrogens is 280 g/mol. The van der Waals surface area contributed by atoms with Crippen LogP contribution < -0.4 is 5.32 Å². The normalized spacial score (nSPS) is 30.5. The Morgan fingerprint density at radius 1 is 1.35 bits per heavy atom. The van der Waals surface area contributed by atoms with Crippen LogP contribution in [0.15, 0.2) is 22.8 Å². The summed E-state index contributed by atoms with van der Waals surface area (Å²) in [6, 6.07) is 3.74. The highest BCUT2D eigenvalue weighted by Gasteiger charge is 2.54. The number of nitrogens with zero attached hydrogens (tertiary/aromatic N) is 1. The van der Waals surface area contributed by atoms with Crippen LogP contribution in [0, 0.1) is 17.8 Å². The average Bonchev–Trinajstić information content (AvgIpc) is 3.06. The lowest BCUT2D eigenvalue weighted by Crippen LogP contribution is -2.16. The molecule has 1 amide bonds. The molecule has 2 atom stereocenters. The van der Waals surface area contributed by atoms with E-state index in [2.05, 4.69) is 26.2 Å². The summed E-state index contributed by atoms with van der Waals surface area (Å²) in [6.07, 6.45) is 6.73. The van der Waals surface area contributed by atoms with Crippen molar-refractivity contribution >= 4 is 27.7 Å². The summed E-state index contributed by atoms with van der Waals surface area (Å²) in [5.41, 5.74) is 0. The van der Waals surface area contributed by atoms with Gasteiger partial charge in [-0.25, -0.2) is 4.98 Å². The topological polar surface area (TPSA) is 42.0 Å². The molecule has 0 bridgehead atoms. The van der Waals surface area contributed by atoms with E-state index >= 15 is 0 Å². The van der Waals surface area contributed by atoms with Crippen molar-refractivity contribution in [1.29, 1.82) is 0 Å². The van der Waals surface area contributed by atoms with Crippen molar-refractivity contribution in [2.75, 3.05) is 5.32 Å². The van der Waals surface area contributed by atoms with Crippen molar-refractivity contribution in [3.05, 3.63) is 22.8 Å². The number of hydrogen-bond donors (Lipinski definition) is 1. The van der Waals surface area contributed by atoms with E-state index in [9.17, 15) is 4.79 Å². The van der Waals surface area contributed by atoms with Gasteiger partial charge in [-0.3, -0.25) is 4.79 Å². The molecule has 2 saturated carbocycles. The molecular formula is C13H15BrN2O. The van der Waals surface area contributed by atoms with E-state index < -0.39 is 0 Å². The minimum Gasteiger partial charge on any atom is -0.310 e. The van der Waals surface area contributed by atoms with E-state index in [0.29, 0.717) is 17.7 Å². The van der Waals surface area contributed by atoms with Crippen LogP contribution in [0.3, 0.4) is 0 Å². The molecule has 90 valence electrons.